The van der Waals surface area contributed by atoms with Crippen molar-refractivity contribution < 1.29 is 162 Å². The van der Waals surface area contributed by atoms with E-state index in [0.29, 0.717) is 6.61 Å². The van der Waals surface area contributed by atoms with E-state index in [0.717, 1.165) is 0 Å². The molecule has 72 valence electrons. The fourth-order valence-electron chi connectivity index (χ4n) is 0.205. The molecule has 5 nitrogen and oxygen atoms in total. The van der Waals surface area contributed by atoms with Crippen LogP contribution in [0.5, 0.6) is 0 Å². The summed E-state index contributed by atoms with van der Waals surface area (Å²) >= 11 is 10.2. The summed E-state index contributed by atoms with van der Waals surface area (Å²) in [6.45, 7) is 2.00. The fraction of sp³-hybridized carbons (Fsp3) is 0.600. The van der Waals surface area contributed by atoms with Gasteiger partial charge in [0.25, 0.3) is 0 Å². The standard InChI is InChI=1S/C4H6Cl2O2.CH2O3.2Cs/c1-2-8-4(7)3(5)6;2-1(3)4;;/h3H,2H2,1H3;(H2,2,3,4);;/q;;2*+1/p-2. The van der Waals surface area contributed by atoms with Crippen LogP contribution in [0.25, 0.3) is 0 Å². The third-order valence-electron chi connectivity index (χ3n) is 0.465. The van der Waals surface area contributed by atoms with Gasteiger partial charge in [-0.05, 0) is 13.1 Å². The van der Waals surface area contributed by atoms with Crippen LogP contribution in [0.3, 0.4) is 0 Å². The van der Waals surface area contributed by atoms with Crippen molar-refractivity contribution in [2.75, 3.05) is 6.61 Å². The topological polar surface area (TPSA) is 89.5 Å². The molecule has 9 heteroatoms. The number of carbonyl (C=O) groups excluding carboxylic acids is 2. The minimum Gasteiger partial charge on any atom is -0.652 e. The summed E-state index contributed by atoms with van der Waals surface area (Å²) < 4.78 is 4.40. The molecule has 0 aromatic rings. The Balaban J connectivity index is -0.0000000733. The third-order valence-corrected chi connectivity index (χ3v) is 0.821. The number of rotatable bonds is 2. The number of carboxylic acid groups (broad SMARTS) is 2. The Hall–Kier alpha value is 3.42. The molecule has 0 atom stereocenters. The summed E-state index contributed by atoms with van der Waals surface area (Å²) in [6.07, 6.45) is -2.33. The molecule has 14 heavy (non-hydrogen) atoms. The van der Waals surface area contributed by atoms with Crippen LogP contribution < -0.4 is 148 Å². The van der Waals surface area contributed by atoms with Gasteiger partial charge in [0.1, 0.15) is 0 Å². The first-order valence-corrected chi connectivity index (χ1v) is 3.61. The Labute approximate surface area is 209 Å². The monoisotopic (exact) mass is 482 g/mol. The molecule has 0 spiro atoms. The van der Waals surface area contributed by atoms with Gasteiger partial charge in [0.05, 0.1) is 6.61 Å². The maximum absolute atomic E-state index is 10.3. The molecule has 0 heterocycles. The molecule has 0 aromatic heterocycles. The number of alkyl halides is 2. The van der Waals surface area contributed by atoms with Crippen molar-refractivity contribution in [1.82, 2.24) is 0 Å². The normalized spacial score (nSPS) is 7.14. The third kappa shape index (κ3) is 29.5. The van der Waals surface area contributed by atoms with E-state index >= 15 is 0 Å². The van der Waals surface area contributed by atoms with E-state index in [1.54, 1.807) is 6.92 Å². The second-order valence-corrected chi connectivity index (χ2v) is 2.40. The molecule has 0 saturated carbocycles. The van der Waals surface area contributed by atoms with E-state index in [-0.39, 0.29) is 138 Å². The number of carbonyl (C=O) groups is 2. The number of halogens is 2. The quantitative estimate of drug-likeness (QED) is 0.288. The second kappa shape index (κ2) is 18.8. The summed E-state index contributed by atoms with van der Waals surface area (Å²) in [6, 6.07) is 0. The molecule has 0 aromatic carbocycles. The molecule has 0 bridgehead atoms. The summed E-state index contributed by atoms with van der Waals surface area (Å²) in [5.41, 5.74) is 0. The van der Waals surface area contributed by atoms with Crippen LogP contribution in [-0.4, -0.2) is 23.6 Å². The van der Waals surface area contributed by atoms with E-state index in [1.807, 2.05) is 0 Å². The second-order valence-electron chi connectivity index (χ2n) is 1.30. The Bertz CT molecular complexity index is 151. The van der Waals surface area contributed by atoms with Crippen LogP contribution in [0, 0.1) is 0 Å². The number of esters is 1. The van der Waals surface area contributed by atoms with Gasteiger partial charge in [0, 0.05) is 0 Å². The molecule has 0 unspecified atom stereocenters. The molecular formula is C5H6Cl2Cs2O5. The van der Waals surface area contributed by atoms with Gasteiger partial charge in [-0.3, -0.25) is 0 Å². The van der Waals surface area contributed by atoms with E-state index in [2.05, 4.69) is 4.74 Å². The van der Waals surface area contributed by atoms with E-state index in [1.165, 1.54) is 0 Å². The Kier molecular flexibility index (Phi) is 35.0. The Morgan fingerprint density at radius 2 is 1.57 bits per heavy atom. The molecule has 0 fully saturated rings. The van der Waals surface area contributed by atoms with Crippen LogP contribution in [0.15, 0.2) is 0 Å². The molecule has 0 aliphatic rings. The van der Waals surface area contributed by atoms with Crippen molar-refractivity contribution >= 4 is 35.3 Å². The van der Waals surface area contributed by atoms with Gasteiger partial charge in [-0.2, -0.15) is 0 Å². The average Bonchev–Trinajstić information content (AvgIpc) is 1.86. The van der Waals surface area contributed by atoms with Crippen LogP contribution >= 0.6 is 23.2 Å². The van der Waals surface area contributed by atoms with Gasteiger partial charge in [0.15, 0.2) is 0 Å². The molecular weight excluding hydrogens is 477 g/mol. The zero-order valence-electron chi connectivity index (χ0n) is 8.08. The maximum atomic E-state index is 10.3. The summed E-state index contributed by atoms with van der Waals surface area (Å²) in [7, 11) is 0. The van der Waals surface area contributed by atoms with Crippen LogP contribution in [0.4, 0.5) is 4.79 Å². The largest absolute Gasteiger partial charge is 1.00 e. The maximum Gasteiger partial charge on any atom is 1.00 e. The molecule has 0 rings (SSSR count). The first kappa shape index (κ1) is 26.1. The van der Waals surface area contributed by atoms with Gasteiger partial charge in [-0.25, -0.2) is 4.79 Å². The van der Waals surface area contributed by atoms with Crippen molar-refractivity contribution in [2.24, 2.45) is 0 Å². The first-order chi connectivity index (χ1) is 5.41. The van der Waals surface area contributed by atoms with Crippen molar-refractivity contribution in [3.8, 4) is 0 Å². The fourth-order valence-corrected chi connectivity index (χ4v) is 0.331. The zero-order valence-corrected chi connectivity index (χ0v) is 22.2. The van der Waals surface area contributed by atoms with Crippen LogP contribution in [0.2, 0.25) is 0 Å². The minimum absolute atomic E-state index is 0. The summed E-state index contributed by atoms with van der Waals surface area (Å²) in [4.78, 5) is 17.5. The Morgan fingerprint density at radius 1 is 1.29 bits per heavy atom. The van der Waals surface area contributed by atoms with Crippen LogP contribution in [0.1, 0.15) is 6.92 Å². The molecule has 0 N–H and O–H groups in total. The predicted molar refractivity (Wildman–Crippen MR) is 37.5 cm³/mol. The van der Waals surface area contributed by atoms with Gasteiger partial charge in [-0.15, -0.1) is 0 Å². The van der Waals surface area contributed by atoms with E-state index in [4.69, 9.17) is 38.2 Å². The summed E-state index contributed by atoms with van der Waals surface area (Å²) in [5, 5.41) is 16.7. The molecule has 0 aliphatic carbocycles. The Morgan fingerprint density at radius 3 is 1.64 bits per heavy atom. The number of ether oxygens (including phenoxy) is 1. The van der Waals surface area contributed by atoms with Gasteiger partial charge >= 0.3 is 144 Å². The van der Waals surface area contributed by atoms with Gasteiger partial charge in [0.2, 0.25) is 4.84 Å². The minimum atomic E-state index is -2.33. The van der Waals surface area contributed by atoms with E-state index in [9.17, 15) is 4.79 Å². The predicted octanol–water partition coefficient (Wildman–Crippen LogP) is -7.09. The number of hydrogen-bond donors (Lipinski definition) is 0. The molecule has 0 radical (unpaired) electrons. The SMILES string of the molecule is CCOC(=O)C(Cl)Cl.O=C([O-])[O-].[Cs+].[Cs+]. The van der Waals surface area contributed by atoms with Gasteiger partial charge in [-0.1, -0.05) is 23.2 Å². The average molecular weight is 483 g/mol. The van der Waals surface area contributed by atoms with E-state index < -0.39 is 17.0 Å². The molecule has 0 aliphatic heterocycles. The number of hydrogen-bond acceptors (Lipinski definition) is 5. The van der Waals surface area contributed by atoms with Gasteiger partial charge < -0.3 is 19.7 Å². The summed E-state index contributed by atoms with van der Waals surface area (Å²) in [5.74, 6) is -0.587. The smallest absolute Gasteiger partial charge is 0.652 e. The van der Waals surface area contributed by atoms with Crippen molar-refractivity contribution in [3.05, 3.63) is 0 Å². The van der Waals surface area contributed by atoms with Crippen molar-refractivity contribution in [1.29, 1.82) is 0 Å². The van der Waals surface area contributed by atoms with Crippen molar-refractivity contribution in [2.45, 2.75) is 11.8 Å². The zero-order chi connectivity index (χ0) is 10.1. The van der Waals surface area contributed by atoms with Crippen molar-refractivity contribution in [3.63, 3.8) is 0 Å². The first-order valence-electron chi connectivity index (χ1n) is 2.74. The molecule has 0 amide bonds. The van der Waals surface area contributed by atoms with Crippen LogP contribution in [-0.2, 0) is 9.53 Å². The molecule has 0 saturated heterocycles.